The van der Waals surface area contributed by atoms with Gasteiger partial charge in [-0.15, -0.1) is 0 Å². The normalized spacial score (nSPS) is 9.20. The second kappa shape index (κ2) is 3.14. The van der Waals surface area contributed by atoms with Crippen molar-refractivity contribution in [3.8, 4) is 0 Å². The number of rotatable bonds is 0. The molecule has 0 aliphatic carbocycles. The molecule has 2 heterocycles. The molecule has 2 aromatic rings. The third-order valence-corrected chi connectivity index (χ3v) is 1.17. The molecule has 0 amide bonds. The van der Waals surface area contributed by atoms with Crippen molar-refractivity contribution < 1.29 is 0 Å². The Balaban J connectivity index is 0.000000500. The Morgan fingerprint density at radius 3 is 3.00 bits per heavy atom. The number of hydrogen-bond acceptors (Lipinski definition) is 2. The van der Waals surface area contributed by atoms with Crippen LogP contribution in [0.1, 0.15) is 0 Å². The van der Waals surface area contributed by atoms with E-state index in [-0.39, 0.29) is 29.6 Å². The molecule has 0 spiro atoms. The SMILES string of the molecule is [Na].c1cnc2ccnn2c1. The van der Waals surface area contributed by atoms with E-state index in [1.807, 2.05) is 18.3 Å². The number of aromatic nitrogens is 3. The summed E-state index contributed by atoms with van der Waals surface area (Å²) in [7, 11) is 0. The monoisotopic (exact) mass is 142 g/mol. The molecular weight excluding hydrogens is 137 g/mol. The van der Waals surface area contributed by atoms with Crippen LogP contribution in [0.4, 0.5) is 0 Å². The molecule has 0 saturated carbocycles. The zero-order valence-electron chi connectivity index (χ0n) is 5.73. The van der Waals surface area contributed by atoms with E-state index in [0.29, 0.717) is 0 Å². The van der Waals surface area contributed by atoms with Gasteiger partial charge in [0.15, 0.2) is 5.65 Å². The summed E-state index contributed by atoms with van der Waals surface area (Å²) in [5.41, 5.74) is 0.887. The van der Waals surface area contributed by atoms with E-state index in [2.05, 4.69) is 10.1 Å². The van der Waals surface area contributed by atoms with Crippen LogP contribution in [0.25, 0.3) is 5.65 Å². The van der Waals surface area contributed by atoms with Crippen molar-refractivity contribution in [2.75, 3.05) is 0 Å². The minimum atomic E-state index is 0. The molecule has 0 fully saturated rings. The smallest absolute Gasteiger partial charge is 0.154 e. The van der Waals surface area contributed by atoms with Gasteiger partial charge in [-0.1, -0.05) is 0 Å². The Bertz CT molecular complexity index is 287. The van der Waals surface area contributed by atoms with E-state index in [1.54, 1.807) is 16.9 Å². The maximum atomic E-state index is 4.04. The number of fused-ring (bicyclic) bond motifs is 1. The van der Waals surface area contributed by atoms with Crippen LogP contribution in [0.3, 0.4) is 0 Å². The van der Waals surface area contributed by atoms with Gasteiger partial charge in [0, 0.05) is 48.0 Å². The molecular formula is C6H5N3Na. The molecule has 0 unspecified atom stereocenters. The average molecular weight is 142 g/mol. The largest absolute Gasteiger partial charge is 0.237 e. The van der Waals surface area contributed by atoms with Gasteiger partial charge in [-0.05, 0) is 6.07 Å². The van der Waals surface area contributed by atoms with Crippen molar-refractivity contribution in [2.24, 2.45) is 0 Å². The molecule has 4 heteroatoms. The van der Waals surface area contributed by atoms with Crippen LogP contribution in [0.15, 0.2) is 30.7 Å². The molecule has 0 N–H and O–H groups in total. The fraction of sp³-hybridized carbons (Fsp3) is 0. The number of nitrogens with zero attached hydrogens (tertiary/aromatic N) is 3. The maximum absolute atomic E-state index is 4.04. The maximum Gasteiger partial charge on any atom is 0.154 e. The minimum Gasteiger partial charge on any atom is -0.237 e. The van der Waals surface area contributed by atoms with Crippen molar-refractivity contribution in [1.82, 2.24) is 14.6 Å². The summed E-state index contributed by atoms with van der Waals surface area (Å²) >= 11 is 0. The molecule has 0 aliphatic rings. The van der Waals surface area contributed by atoms with E-state index >= 15 is 0 Å². The summed E-state index contributed by atoms with van der Waals surface area (Å²) in [6, 6.07) is 3.71. The first-order valence-electron chi connectivity index (χ1n) is 2.71. The second-order valence-corrected chi connectivity index (χ2v) is 1.75. The predicted molar refractivity (Wildman–Crippen MR) is 38.7 cm³/mol. The van der Waals surface area contributed by atoms with Crippen LogP contribution >= 0.6 is 0 Å². The molecule has 2 aromatic heterocycles. The molecule has 0 aromatic carbocycles. The Morgan fingerprint density at radius 1 is 1.30 bits per heavy atom. The molecule has 1 radical (unpaired) electrons. The number of hydrogen-bond donors (Lipinski definition) is 0. The molecule has 3 nitrogen and oxygen atoms in total. The molecule has 0 bridgehead atoms. The van der Waals surface area contributed by atoms with Crippen molar-refractivity contribution in [3.05, 3.63) is 30.7 Å². The summed E-state index contributed by atoms with van der Waals surface area (Å²) in [5, 5.41) is 3.97. The van der Waals surface area contributed by atoms with E-state index in [0.717, 1.165) is 5.65 Å². The zero-order chi connectivity index (χ0) is 6.10. The van der Waals surface area contributed by atoms with Crippen molar-refractivity contribution in [3.63, 3.8) is 0 Å². The molecule has 45 valence electrons. The van der Waals surface area contributed by atoms with E-state index < -0.39 is 0 Å². The summed E-state index contributed by atoms with van der Waals surface area (Å²) in [4.78, 5) is 4.04. The molecule has 0 saturated heterocycles. The van der Waals surface area contributed by atoms with Gasteiger partial charge in [0.1, 0.15) is 0 Å². The van der Waals surface area contributed by atoms with Gasteiger partial charge in [-0.3, -0.25) is 0 Å². The van der Waals surface area contributed by atoms with E-state index in [9.17, 15) is 0 Å². The molecule has 0 atom stereocenters. The molecule has 10 heavy (non-hydrogen) atoms. The third-order valence-electron chi connectivity index (χ3n) is 1.17. The fourth-order valence-corrected chi connectivity index (χ4v) is 0.764. The van der Waals surface area contributed by atoms with Crippen LogP contribution < -0.4 is 0 Å². The van der Waals surface area contributed by atoms with Gasteiger partial charge in [-0.25, -0.2) is 9.50 Å². The van der Waals surface area contributed by atoms with Gasteiger partial charge in [0.2, 0.25) is 0 Å². The van der Waals surface area contributed by atoms with Crippen LogP contribution in [0.2, 0.25) is 0 Å². The van der Waals surface area contributed by atoms with Gasteiger partial charge in [0.25, 0.3) is 0 Å². The fourth-order valence-electron chi connectivity index (χ4n) is 0.764. The Labute approximate surface area is 80.4 Å². The van der Waals surface area contributed by atoms with Crippen LogP contribution in [-0.2, 0) is 0 Å². The second-order valence-electron chi connectivity index (χ2n) is 1.75. The van der Waals surface area contributed by atoms with Crippen molar-refractivity contribution in [1.29, 1.82) is 0 Å². The minimum absolute atomic E-state index is 0. The molecule has 2 rings (SSSR count). The van der Waals surface area contributed by atoms with Crippen molar-refractivity contribution >= 4 is 35.2 Å². The van der Waals surface area contributed by atoms with Gasteiger partial charge < -0.3 is 0 Å². The van der Waals surface area contributed by atoms with Crippen LogP contribution in [-0.4, -0.2) is 44.2 Å². The Kier molecular flexibility index (Phi) is 2.43. The van der Waals surface area contributed by atoms with Crippen LogP contribution in [0.5, 0.6) is 0 Å². The average Bonchev–Trinajstić information content (AvgIpc) is 2.33. The third kappa shape index (κ3) is 1.21. The van der Waals surface area contributed by atoms with Gasteiger partial charge >= 0.3 is 0 Å². The quantitative estimate of drug-likeness (QED) is 0.497. The molecule has 0 aliphatic heterocycles. The van der Waals surface area contributed by atoms with E-state index in [4.69, 9.17) is 0 Å². The summed E-state index contributed by atoms with van der Waals surface area (Å²) < 4.78 is 1.72. The first-order valence-corrected chi connectivity index (χ1v) is 2.71. The topological polar surface area (TPSA) is 30.2 Å². The first-order chi connectivity index (χ1) is 4.47. The zero-order valence-corrected chi connectivity index (χ0v) is 7.73. The predicted octanol–water partition coefficient (Wildman–Crippen LogP) is 0.348. The van der Waals surface area contributed by atoms with E-state index in [1.165, 1.54) is 0 Å². The first kappa shape index (κ1) is 7.72. The summed E-state index contributed by atoms with van der Waals surface area (Å²) in [6.45, 7) is 0. The summed E-state index contributed by atoms with van der Waals surface area (Å²) in [5.74, 6) is 0. The van der Waals surface area contributed by atoms with Gasteiger partial charge in [0.05, 0.1) is 6.20 Å². The Morgan fingerprint density at radius 2 is 2.20 bits per heavy atom. The Hall–Kier alpha value is -0.380. The summed E-state index contributed by atoms with van der Waals surface area (Å²) in [6.07, 6.45) is 5.34. The van der Waals surface area contributed by atoms with Crippen LogP contribution in [0, 0.1) is 0 Å². The van der Waals surface area contributed by atoms with Gasteiger partial charge in [-0.2, -0.15) is 5.10 Å². The van der Waals surface area contributed by atoms with Crippen molar-refractivity contribution in [2.45, 2.75) is 0 Å². The standard InChI is InChI=1S/C6H5N3.Na/c1-3-7-6-2-4-8-9(6)5-1;/h1-5H;.